The molecule has 1 aromatic carbocycles. The Kier molecular flexibility index (Phi) is 5.42. The van der Waals surface area contributed by atoms with Gasteiger partial charge in [0.25, 0.3) is 0 Å². The molecule has 0 bridgehead atoms. The molecule has 0 aliphatic heterocycles. The maximum absolute atomic E-state index is 13.6. The van der Waals surface area contributed by atoms with Gasteiger partial charge in [0.2, 0.25) is 5.88 Å². The van der Waals surface area contributed by atoms with Crippen LogP contribution in [0.15, 0.2) is 41.5 Å². The van der Waals surface area contributed by atoms with Crippen LogP contribution in [0.25, 0.3) is 0 Å². The number of nitrogens with zero attached hydrogens (tertiary/aromatic N) is 2. The molecule has 0 unspecified atom stereocenters. The predicted molar refractivity (Wildman–Crippen MR) is 92.4 cm³/mol. The van der Waals surface area contributed by atoms with E-state index in [9.17, 15) is 8.78 Å². The quantitative estimate of drug-likeness (QED) is 0.641. The van der Waals surface area contributed by atoms with E-state index >= 15 is 0 Å². The number of rotatable bonds is 5. The summed E-state index contributed by atoms with van der Waals surface area (Å²) >= 11 is 0. The molecule has 0 spiro atoms. The van der Waals surface area contributed by atoms with Gasteiger partial charge in [-0.25, -0.2) is 18.8 Å². The molecule has 1 heterocycles. The van der Waals surface area contributed by atoms with Crippen LogP contribution in [0.2, 0.25) is 0 Å². The van der Waals surface area contributed by atoms with Crippen LogP contribution in [0.4, 0.5) is 14.5 Å². The summed E-state index contributed by atoms with van der Waals surface area (Å²) in [5.74, 6) is -0.586. The van der Waals surface area contributed by atoms with Crippen molar-refractivity contribution < 1.29 is 13.5 Å². The summed E-state index contributed by atoms with van der Waals surface area (Å²) in [6.45, 7) is 0.277. The van der Waals surface area contributed by atoms with Gasteiger partial charge in [-0.15, -0.1) is 0 Å². The molecular formula is C18H20F2N4O. The molecule has 1 aromatic heterocycles. The van der Waals surface area contributed by atoms with Gasteiger partial charge in [-0.2, -0.15) is 0 Å². The Morgan fingerprint density at radius 1 is 1.24 bits per heavy atom. The van der Waals surface area contributed by atoms with Gasteiger partial charge in [-0.1, -0.05) is 0 Å². The first-order valence-corrected chi connectivity index (χ1v) is 8.24. The number of guanidine groups is 1. The van der Waals surface area contributed by atoms with Crippen LogP contribution in [0.3, 0.4) is 0 Å². The molecule has 5 nitrogen and oxygen atoms in total. The first kappa shape index (κ1) is 17.1. The van der Waals surface area contributed by atoms with Crippen LogP contribution in [0, 0.1) is 11.6 Å². The van der Waals surface area contributed by atoms with Crippen LogP contribution in [0.5, 0.6) is 5.88 Å². The van der Waals surface area contributed by atoms with Crippen molar-refractivity contribution in [1.29, 1.82) is 0 Å². The molecule has 0 amide bonds. The van der Waals surface area contributed by atoms with Crippen LogP contribution in [-0.2, 0) is 6.54 Å². The number of aromatic nitrogens is 1. The highest BCUT2D eigenvalue weighted by molar-refractivity contribution is 5.92. The molecule has 1 fully saturated rings. The molecule has 1 saturated carbocycles. The van der Waals surface area contributed by atoms with Crippen molar-refractivity contribution in [2.75, 3.05) is 5.32 Å². The lowest BCUT2D eigenvalue weighted by Crippen LogP contribution is -2.23. The fourth-order valence-electron chi connectivity index (χ4n) is 2.74. The van der Waals surface area contributed by atoms with Crippen molar-refractivity contribution in [2.24, 2.45) is 10.7 Å². The van der Waals surface area contributed by atoms with Gasteiger partial charge >= 0.3 is 0 Å². The predicted octanol–water partition coefficient (Wildman–Crippen LogP) is 3.61. The number of benzene rings is 1. The summed E-state index contributed by atoms with van der Waals surface area (Å²) in [6, 6.07) is 6.72. The standard InChI is InChI=1S/C18H20F2N4O/c19-13-5-6-15(20)16(10-13)24-18(21)23-11-12-7-8-22-17(9-12)25-14-3-1-2-4-14/h5-10,14H,1-4,11H2,(H3,21,23,24). The average Bonchev–Trinajstić information content (AvgIpc) is 3.10. The molecule has 0 radical (unpaired) electrons. The summed E-state index contributed by atoms with van der Waals surface area (Å²) in [5, 5.41) is 2.56. The van der Waals surface area contributed by atoms with Crippen LogP contribution < -0.4 is 15.8 Å². The highest BCUT2D eigenvalue weighted by Gasteiger charge is 2.17. The third kappa shape index (κ3) is 4.89. The van der Waals surface area contributed by atoms with E-state index in [1.54, 1.807) is 12.3 Å². The molecule has 2 aromatic rings. The lowest BCUT2D eigenvalue weighted by Gasteiger charge is -2.12. The maximum Gasteiger partial charge on any atom is 0.213 e. The monoisotopic (exact) mass is 346 g/mol. The topological polar surface area (TPSA) is 72.5 Å². The Balaban J connectivity index is 1.61. The number of nitrogens with two attached hydrogens (primary N) is 1. The SMILES string of the molecule is NC(=NCc1ccnc(OC2CCCC2)c1)Nc1cc(F)ccc1F. The highest BCUT2D eigenvalue weighted by atomic mass is 19.1. The zero-order chi connectivity index (χ0) is 17.6. The number of pyridine rings is 1. The van der Waals surface area contributed by atoms with E-state index in [2.05, 4.69) is 15.3 Å². The largest absolute Gasteiger partial charge is 0.474 e. The van der Waals surface area contributed by atoms with Gasteiger partial charge in [-0.3, -0.25) is 0 Å². The number of nitrogens with one attached hydrogen (secondary N) is 1. The van der Waals surface area contributed by atoms with E-state index < -0.39 is 11.6 Å². The van der Waals surface area contributed by atoms with Crippen molar-refractivity contribution in [3.8, 4) is 5.88 Å². The average molecular weight is 346 g/mol. The summed E-state index contributed by atoms with van der Waals surface area (Å²) < 4.78 is 32.6. The molecular weight excluding hydrogens is 326 g/mol. The van der Waals surface area contributed by atoms with Gasteiger partial charge in [0.15, 0.2) is 5.96 Å². The lowest BCUT2D eigenvalue weighted by molar-refractivity contribution is 0.201. The van der Waals surface area contributed by atoms with Gasteiger partial charge in [0, 0.05) is 18.3 Å². The van der Waals surface area contributed by atoms with E-state index in [0.717, 1.165) is 36.6 Å². The minimum Gasteiger partial charge on any atom is -0.474 e. The minimum atomic E-state index is -0.601. The smallest absolute Gasteiger partial charge is 0.213 e. The van der Waals surface area contributed by atoms with Gasteiger partial charge in [-0.05, 0) is 49.4 Å². The van der Waals surface area contributed by atoms with Gasteiger partial charge < -0.3 is 15.8 Å². The number of aliphatic imine (C=N–C) groups is 1. The lowest BCUT2D eigenvalue weighted by atomic mass is 10.2. The molecule has 7 heteroatoms. The Morgan fingerprint density at radius 3 is 2.84 bits per heavy atom. The summed E-state index contributed by atoms with van der Waals surface area (Å²) in [4.78, 5) is 8.35. The number of hydrogen-bond donors (Lipinski definition) is 2. The first-order valence-electron chi connectivity index (χ1n) is 8.24. The van der Waals surface area contributed by atoms with Crippen LogP contribution in [0.1, 0.15) is 31.2 Å². The minimum absolute atomic E-state index is 0.000395. The fraction of sp³-hybridized carbons (Fsp3) is 0.333. The van der Waals surface area contributed by atoms with Crippen LogP contribution in [-0.4, -0.2) is 17.0 Å². The normalized spacial score (nSPS) is 15.4. The van der Waals surface area contributed by atoms with E-state index in [1.165, 1.54) is 12.8 Å². The number of ether oxygens (including phenoxy) is 1. The zero-order valence-electron chi connectivity index (χ0n) is 13.7. The van der Waals surface area contributed by atoms with E-state index in [1.807, 2.05) is 6.07 Å². The number of halogens is 2. The van der Waals surface area contributed by atoms with Crippen molar-refractivity contribution in [3.05, 3.63) is 53.7 Å². The van der Waals surface area contributed by atoms with Crippen molar-refractivity contribution in [3.63, 3.8) is 0 Å². The van der Waals surface area contributed by atoms with E-state index in [4.69, 9.17) is 10.5 Å². The second-order valence-corrected chi connectivity index (χ2v) is 5.98. The highest BCUT2D eigenvalue weighted by Crippen LogP contribution is 2.23. The molecule has 3 rings (SSSR count). The molecule has 25 heavy (non-hydrogen) atoms. The fourth-order valence-corrected chi connectivity index (χ4v) is 2.74. The third-order valence-electron chi connectivity index (χ3n) is 4.01. The van der Waals surface area contributed by atoms with E-state index in [0.29, 0.717) is 5.88 Å². The van der Waals surface area contributed by atoms with Crippen LogP contribution >= 0.6 is 0 Å². The van der Waals surface area contributed by atoms with Gasteiger partial charge in [0.1, 0.15) is 17.7 Å². The molecule has 1 aliphatic rings. The second-order valence-electron chi connectivity index (χ2n) is 5.98. The first-order chi connectivity index (χ1) is 12.1. The van der Waals surface area contributed by atoms with Crippen molar-refractivity contribution in [2.45, 2.75) is 38.3 Å². The molecule has 0 atom stereocenters. The molecule has 132 valence electrons. The second kappa shape index (κ2) is 7.92. The Bertz CT molecular complexity index is 760. The maximum atomic E-state index is 13.6. The molecule has 0 saturated heterocycles. The number of hydrogen-bond acceptors (Lipinski definition) is 3. The van der Waals surface area contributed by atoms with Crippen molar-refractivity contribution in [1.82, 2.24) is 4.98 Å². The summed E-state index contributed by atoms with van der Waals surface area (Å²) in [6.07, 6.45) is 6.38. The van der Waals surface area contributed by atoms with Crippen molar-refractivity contribution >= 4 is 11.6 Å². The number of anilines is 1. The summed E-state index contributed by atoms with van der Waals surface area (Å²) in [7, 11) is 0. The Morgan fingerprint density at radius 2 is 2.04 bits per heavy atom. The molecule has 1 aliphatic carbocycles. The summed E-state index contributed by atoms with van der Waals surface area (Å²) in [5.41, 5.74) is 6.56. The Labute approximate surface area is 144 Å². The zero-order valence-corrected chi connectivity index (χ0v) is 13.7. The Hall–Kier alpha value is -2.70. The third-order valence-corrected chi connectivity index (χ3v) is 4.01. The van der Waals surface area contributed by atoms with E-state index in [-0.39, 0.29) is 24.3 Å². The van der Waals surface area contributed by atoms with Gasteiger partial charge in [0.05, 0.1) is 12.2 Å². The molecule has 3 N–H and O–H groups in total.